The third kappa shape index (κ3) is 5.70. The van der Waals surface area contributed by atoms with Crippen LogP contribution in [-0.4, -0.2) is 65.2 Å². The van der Waals surface area contributed by atoms with Crippen LogP contribution in [0.5, 0.6) is 0 Å². The van der Waals surface area contributed by atoms with Gasteiger partial charge in [0.2, 0.25) is 5.91 Å². The molecule has 0 spiro atoms. The van der Waals surface area contributed by atoms with Crippen LogP contribution >= 0.6 is 23.1 Å². The molecule has 30 heavy (non-hydrogen) atoms. The molecule has 1 saturated heterocycles. The first-order valence-electron chi connectivity index (χ1n) is 9.47. The van der Waals surface area contributed by atoms with Crippen LogP contribution in [0.25, 0.3) is 0 Å². The molecule has 1 aromatic heterocycles. The number of para-hydroxylation sites is 2. The fourth-order valence-corrected chi connectivity index (χ4v) is 4.84. The molecule has 9 nitrogen and oxygen atoms in total. The fraction of sp³-hybridized carbons (Fsp3) is 0.421. The second-order valence-electron chi connectivity index (χ2n) is 6.49. The summed E-state index contributed by atoms with van der Waals surface area (Å²) in [6.07, 6.45) is 0.131. The summed E-state index contributed by atoms with van der Waals surface area (Å²) in [5.41, 5.74) is 1.31. The minimum absolute atomic E-state index is 0.00403. The molecule has 0 aliphatic carbocycles. The van der Waals surface area contributed by atoms with Gasteiger partial charge in [0.15, 0.2) is 4.34 Å². The van der Waals surface area contributed by atoms with Gasteiger partial charge in [-0.15, -0.1) is 11.3 Å². The van der Waals surface area contributed by atoms with Gasteiger partial charge >= 0.3 is 5.97 Å². The van der Waals surface area contributed by atoms with Crippen molar-refractivity contribution in [3.63, 3.8) is 0 Å². The number of nitrogens with zero attached hydrogens (tertiary/aromatic N) is 4. The normalized spacial score (nSPS) is 13.9. The first-order chi connectivity index (χ1) is 14.5. The highest BCUT2D eigenvalue weighted by atomic mass is 32.2. The zero-order valence-corrected chi connectivity index (χ0v) is 18.1. The Hall–Kier alpha value is -2.66. The summed E-state index contributed by atoms with van der Waals surface area (Å²) in [7, 11) is 0. The van der Waals surface area contributed by atoms with E-state index < -0.39 is 0 Å². The molecule has 0 bridgehead atoms. The highest BCUT2D eigenvalue weighted by Crippen LogP contribution is 2.29. The van der Waals surface area contributed by atoms with Crippen molar-refractivity contribution in [1.29, 1.82) is 0 Å². The topological polar surface area (TPSA) is 106 Å². The van der Waals surface area contributed by atoms with Crippen molar-refractivity contribution in [2.45, 2.75) is 17.7 Å². The largest absolute Gasteiger partial charge is 0.466 e. The minimum atomic E-state index is -0.381. The molecule has 1 fully saturated rings. The monoisotopic (exact) mass is 450 g/mol. The Kier molecular flexibility index (Phi) is 7.63. The Morgan fingerprint density at radius 1 is 1.27 bits per heavy atom. The molecular formula is C19H22N4O5S2. The maximum Gasteiger partial charge on any atom is 0.311 e. The molecule has 0 N–H and O–H groups in total. The number of nitro groups is 1. The van der Waals surface area contributed by atoms with Crippen molar-refractivity contribution in [2.24, 2.45) is 0 Å². The van der Waals surface area contributed by atoms with Crippen LogP contribution in [0.15, 0.2) is 34.0 Å². The Bertz CT molecular complexity index is 912. The van der Waals surface area contributed by atoms with Gasteiger partial charge in [0.1, 0.15) is 5.69 Å². The second-order valence-corrected chi connectivity index (χ2v) is 8.57. The summed E-state index contributed by atoms with van der Waals surface area (Å²) in [6, 6.07) is 6.66. The Morgan fingerprint density at radius 2 is 2.00 bits per heavy atom. The van der Waals surface area contributed by atoms with Crippen LogP contribution in [0.2, 0.25) is 0 Å². The lowest BCUT2D eigenvalue weighted by Gasteiger charge is -2.35. The number of rotatable bonds is 8. The zero-order chi connectivity index (χ0) is 21.5. The van der Waals surface area contributed by atoms with Crippen molar-refractivity contribution >= 4 is 46.3 Å². The zero-order valence-electron chi connectivity index (χ0n) is 16.5. The predicted octanol–water partition coefficient (Wildman–Crippen LogP) is 2.60. The number of thiazole rings is 1. The van der Waals surface area contributed by atoms with Crippen molar-refractivity contribution < 1.29 is 19.2 Å². The lowest BCUT2D eigenvalue weighted by molar-refractivity contribution is -0.384. The van der Waals surface area contributed by atoms with Gasteiger partial charge in [0.05, 0.1) is 29.4 Å². The lowest BCUT2D eigenvalue weighted by atomic mass is 10.2. The predicted molar refractivity (Wildman–Crippen MR) is 115 cm³/mol. The summed E-state index contributed by atoms with van der Waals surface area (Å²) in [6.45, 7) is 4.20. The van der Waals surface area contributed by atoms with Gasteiger partial charge in [-0.1, -0.05) is 23.9 Å². The molecule has 11 heteroatoms. The summed E-state index contributed by atoms with van der Waals surface area (Å²) >= 11 is 2.75. The van der Waals surface area contributed by atoms with E-state index in [1.807, 2.05) is 4.90 Å². The van der Waals surface area contributed by atoms with Crippen LogP contribution in [0.3, 0.4) is 0 Å². The van der Waals surface area contributed by atoms with E-state index in [9.17, 15) is 19.7 Å². The maximum absolute atomic E-state index is 12.5. The van der Waals surface area contributed by atoms with Crippen molar-refractivity contribution in [3.8, 4) is 0 Å². The van der Waals surface area contributed by atoms with E-state index in [1.165, 1.54) is 29.2 Å². The number of nitro benzene ring substituents is 1. The molecule has 2 aromatic rings. The minimum Gasteiger partial charge on any atom is -0.466 e. The number of amides is 1. The van der Waals surface area contributed by atoms with Crippen molar-refractivity contribution in [2.75, 3.05) is 43.4 Å². The maximum atomic E-state index is 12.5. The molecule has 1 aliphatic heterocycles. The summed E-state index contributed by atoms with van der Waals surface area (Å²) in [5.74, 6) is -0.0472. The third-order valence-corrected chi connectivity index (χ3v) is 6.59. The van der Waals surface area contributed by atoms with E-state index in [0.717, 1.165) is 4.34 Å². The number of ether oxygens (including phenoxy) is 1. The summed E-state index contributed by atoms with van der Waals surface area (Å²) in [5, 5.41) is 13.0. The van der Waals surface area contributed by atoms with Crippen LogP contribution < -0.4 is 4.90 Å². The van der Waals surface area contributed by atoms with Crippen molar-refractivity contribution in [1.82, 2.24) is 9.88 Å². The average Bonchev–Trinajstić information content (AvgIpc) is 3.19. The van der Waals surface area contributed by atoms with Gasteiger partial charge in [0, 0.05) is 37.6 Å². The average molecular weight is 451 g/mol. The van der Waals surface area contributed by atoms with Gasteiger partial charge in [-0.25, -0.2) is 4.98 Å². The summed E-state index contributed by atoms with van der Waals surface area (Å²) < 4.78 is 5.65. The molecule has 1 aliphatic rings. The fourth-order valence-electron chi connectivity index (χ4n) is 3.09. The number of carbonyl (C=O) groups is 2. The number of benzene rings is 1. The standard InChI is InChI=1S/C19H22N4O5S2/c1-2-28-18(25)11-14-12-29-19(20-14)30-13-17(24)22-9-7-21(8-10-22)15-5-3-4-6-16(15)23(26)27/h3-6,12H,2,7-11,13H2,1H3. The molecule has 2 heterocycles. The number of piperazine rings is 1. The Morgan fingerprint density at radius 3 is 2.70 bits per heavy atom. The second kappa shape index (κ2) is 10.4. The summed E-state index contributed by atoms with van der Waals surface area (Å²) in [4.78, 5) is 43.0. The van der Waals surface area contributed by atoms with Gasteiger partial charge in [0.25, 0.3) is 5.69 Å². The van der Waals surface area contributed by atoms with E-state index in [4.69, 9.17) is 4.74 Å². The van der Waals surface area contributed by atoms with E-state index in [0.29, 0.717) is 44.2 Å². The number of esters is 1. The number of aromatic nitrogens is 1. The number of hydrogen-bond donors (Lipinski definition) is 0. The molecule has 0 unspecified atom stereocenters. The third-order valence-electron chi connectivity index (χ3n) is 4.53. The number of thioether (sulfide) groups is 1. The SMILES string of the molecule is CCOC(=O)Cc1csc(SCC(=O)N2CCN(c3ccccc3[N+](=O)[O-])CC2)n1. The van der Waals surface area contributed by atoms with Crippen LogP contribution in [0, 0.1) is 10.1 Å². The van der Waals surface area contributed by atoms with Crippen molar-refractivity contribution in [3.05, 3.63) is 45.5 Å². The molecule has 1 amide bonds. The molecule has 0 atom stereocenters. The van der Waals surface area contributed by atoms with Gasteiger partial charge in [-0.05, 0) is 13.0 Å². The van der Waals surface area contributed by atoms with E-state index in [2.05, 4.69) is 4.98 Å². The number of hydrogen-bond acceptors (Lipinski definition) is 9. The van der Waals surface area contributed by atoms with Crippen LogP contribution in [0.1, 0.15) is 12.6 Å². The highest BCUT2D eigenvalue weighted by molar-refractivity contribution is 8.01. The Balaban J connectivity index is 1.48. The molecule has 1 aromatic carbocycles. The lowest BCUT2D eigenvalue weighted by Crippen LogP contribution is -2.49. The van der Waals surface area contributed by atoms with E-state index >= 15 is 0 Å². The number of anilines is 1. The quantitative estimate of drug-likeness (QED) is 0.261. The number of carbonyl (C=O) groups excluding carboxylic acids is 2. The first kappa shape index (κ1) is 22.0. The van der Waals surface area contributed by atoms with Crippen LogP contribution in [-0.2, 0) is 20.7 Å². The molecule has 160 valence electrons. The van der Waals surface area contributed by atoms with Gasteiger partial charge in [-0.2, -0.15) is 0 Å². The van der Waals surface area contributed by atoms with E-state index in [1.54, 1.807) is 35.4 Å². The van der Waals surface area contributed by atoms with Gasteiger partial charge in [-0.3, -0.25) is 19.7 Å². The molecule has 0 radical (unpaired) electrons. The first-order valence-corrected chi connectivity index (χ1v) is 11.3. The van der Waals surface area contributed by atoms with Crippen LogP contribution in [0.4, 0.5) is 11.4 Å². The highest BCUT2D eigenvalue weighted by Gasteiger charge is 2.25. The molecule has 0 saturated carbocycles. The van der Waals surface area contributed by atoms with E-state index in [-0.39, 0.29) is 34.7 Å². The Labute approximate surface area is 182 Å². The molecular weight excluding hydrogens is 428 g/mol. The molecule has 3 rings (SSSR count). The smallest absolute Gasteiger partial charge is 0.311 e. The van der Waals surface area contributed by atoms with Gasteiger partial charge < -0.3 is 14.5 Å².